The van der Waals surface area contributed by atoms with Gasteiger partial charge in [-0.25, -0.2) is 0 Å². The van der Waals surface area contributed by atoms with Gasteiger partial charge in [0.25, 0.3) is 5.91 Å². The van der Waals surface area contributed by atoms with Crippen molar-refractivity contribution in [3.63, 3.8) is 0 Å². The largest absolute Gasteiger partial charge is 0.482 e. The van der Waals surface area contributed by atoms with E-state index in [9.17, 15) is 4.79 Å². The van der Waals surface area contributed by atoms with E-state index >= 15 is 0 Å². The molecular formula is C15H10N2O2. The first-order valence-corrected chi connectivity index (χ1v) is 5.84. The molecule has 3 rings (SSSR count). The molecule has 0 fully saturated rings. The monoisotopic (exact) mass is 250 g/mol. The topological polar surface area (TPSA) is 62.1 Å². The van der Waals surface area contributed by atoms with Crippen molar-refractivity contribution in [1.82, 2.24) is 0 Å². The first-order valence-electron chi connectivity index (χ1n) is 5.84. The first kappa shape index (κ1) is 11.3. The number of carbonyl (C=O) groups is 1. The fraction of sp³-hybridized carbons (Fsp3) is 0.0667. The van der Waals surface area contributed by atoms with Crippen LogP contribution < -0.4 is 10.1 Å². The van der Waals surface area contributed by atoms with Crippen molar-refractivity contribution >= 4 is 11.6 Å². The number of amides is 1. The van der Waals surface area contributed by atoms with Gasteiger partial charge in [0.05, 0.1) is 17.3 Å². The number of nitriles is 1. The van der Waals surface area contributed by atoms with E-state index in [-0.39, 0.29) is 12.5 Å². The molecule has 1 amide bonds. The predicted octanol–water partition coefficient (Wildman–Crippen LogP) is 2.56. The Kier molecular flexibility index (Phi) is 2.66. The van der Waals surface area contributed by atoms with Gasteiger partial charge in [0.1, 0.15) is 5.75 Å². The van der Waals surface area contributed by atoms with Gasteiger partial charge in [-0.05, 0) is 29.3 Å². The van der Waals surface area contributed by atoms with Crippen molar-refractivity contribution in [3.8, 4) is 22.9 Å². The molecule has 0 atom stereocenters. The summed E-state index contributed by atoms with van der Waals surface area (Å²) < 4.78 is 5.31. The number of anilines is 1. The molecule has 0 saturated heterocycles. The van der Waals surface area contributed by atoms with E-state index in [0.717, 1.165) is 11.1 Å². The molecule has 0 saturated carbocycles. The molecule has 1 N–H and O–H groups in total. The van der Waals surface area contributed by atoms with E-state index in [2.05, 4.69) is 11.4 Å². The number of nitrogens with zero attached hydrogens (tertiary/aromatic N) is 1. The zero-order valence-corrected chi connectivity index (χ0v) is 10.0. The van der Waals surface area contributed by atoms with E-state index in [0.29, 0.717) is 17.0 Å². The third kappa shape index (κ3) is 2.02. The SMILES string of the molecule is N#Cc1ccccc1-c1ccc2c(c1)NC(=O)CO2. The average Bonchev–Trinajstić information content (AvgIpc) is 2.46. The van der Waals surface area contributed by atoms with E-state index in [1.807, 2.05) is 30.3 Å². The van der Waals surface area contributed by atoms with Crippen LogP contribution in [0.3, 0.4) is 0 Å². The molecule has 92 valence electrons. The molecule has 2 aromatic carbocycles. The molecule has 2 aromatic rings. The van der Waals surface area contributed by atoms with Crippen LogP contribution in [0.25, 0.3) is 11.1 Å². The Morgan fingerprint density at radius 1 is 1.21 bits per heavy atom. The normalized spacial score (nSPS) is 12.9. The molecular weight excluding hydrogens is 240 g/mol. The Labute approximate surface area is 110 Å². The second-order valence-electron chi connectivity index (χ2n) is 4.21. The van der Waals surface area contributed by atoms with Crippen molar-refractivity contribution in [2.75, 3.05) is 11.9 Å². The first-order chi connectivity index (χ1) is 9.28. The minimum atomic E-state index is -0.168. The highest BCUT2D eigenvalue weighted by Crippen LogP contribution is 2.33. The molecule has 1 heterocycles. The van der Waals surface area contributed by atoms with Crippen molar-refractivity contribution in [2.24, 2.45) is 0 Å². The quantitative estimate of drug-likeness (QED) is 0.846. The molecule has 0 spiro atoms. The molecule has 1 aliphatic rings. The third-order valence-corrected chi connectivity index (χ3v) is 2.97. The summed E-state index contributed by atoms with van der Waals surface area (Å²) in [5.41, 5.74) is 2.96. The maximum Gasteiger partial charge on any atom is 0.262 e. The van der Waals surface area contributed by atoms with E-state index in [1.54, 1.807) is 12.1 Å². The highest BCUT2D eigenvalue weighted by atomic mass is 16.5. The molecule has 0 aromatic heterocycles. The smallest absolute Gasteiger partial charge is 0.262 e. The summed E-state index contributed by atoms with van der Waals surface area (Å²) >= 11 is 0. The predicted molar refractivity (Wildman–Crippen MR) is 70.7 cm³/mol. The van der Waals surface area contributed by atoms with Crippen molar-refractivity contribution < 1.29 is 9.53 Å². The summed E-state index contributed by atoms with van der Waals surface area (Å²) in [6.45, 7) is 0.0428. The molecule has 0 bridgehead atoms. The van der Waals surface area contributed by atoms with Crippen LogP contribution in [0.4, 0.5) is 5.69 Å². The number of benzene rings is 2. The zero-order chi connectivity index (χ0) is 13.2. The summed E-state index contributed by atoms with van der Waals surface area (Å²) in [5.74, 6) is 0.482. The third-order valence-electron chi connectivity index (χ3n) is 2.97. The molecule has 0 unspecified atom stereocenters. The standard InChI is InChI=1S/C15H10N2O2/c16-8-11-3-1-2-4-12(11)10-5-6-14-13(7-10)17-15(18)9-19-14/h1-7H,9H2,(H,17,18). The lowest BCUT2D eigenvalue weighted by Gasteiger charge is -2.18. The molecule has 0 radical (unpaired) electrons. The lowest BCUT2D eigenvalue weighted by molar-refractivity contribution is -0.118. The molecule has 4 nitrogen and oxygen atoms in total. The molecule has 1 aliphatic heterocycles. The number of nitrogens with one attached hydrogen (secondary N) is 1. The number of carbonyl (C=O) groups excluding carboxylic acids is 1. The van der Waals surface area contributed by atoms with Gasteiger partial charge < -0.3 is 10.1 Å². The minimum Gasteiger partial charge on any atom is -0.482 e. The van der Waals surface area contributed by atoms with Crippen LogP contribution in [-0.4, -0.2) is 12.5 Å². The lowest BCUT2D eigenvalue weighted by atomic mass is 9.99. The lowest BCUT2D eigenvalue weighted by Crippen LogP contribution is -2.25. The van der Waals surface area contributed by atoms with Gasteiger partial charge in [0.15, 0.2) is 6.61 Å². The number of rotatable bonds is 1. The van der Waals surface area contributed by atoms with Gasteiger partial charge in [-0.3, -0.25) is 4.79 Å². The van der Waals surface area contributed by atoms with Gasteiger partial charge in [0, 0.05) is 0 Å². The Bertz CT molecular complexity index is 702. The Morgan fingerprint density at radius 3 is 2.89 bits per heavy atom. The van der Waals surface area contributed by atoms with Crippen molar-refractivity contribution in [2.45, 2.75) is 0 Å². The van der Waals surface area contributed by atoms with Gasteiger partial charge in [-0.15, -0.1) is 0 Å². The zero-order valence-electron chi connectivity index (χ0n) is 10.0. The summed E-state index contributed by atoms with van der Waals surface area (Å²) in [6.07, 6.45) is 0. The fourth-order valence-corrected chi connectivity index (χ4v) is 2.08. The van der Waals surface area contributed by atoms with Crippen LogP contribution in [0.2, 0.25) is 0 Å². The summed E-state index contributed by atoms with van der Waals surface area (Å²) in [6, 6.07) is 15.0. The highest BCUT2D eigenvalue weighted by Gasteiger charge is 2.16. The fourth-order valence-electron chi connectivity index (χ4n) is 2.08. The Morgan fingerprint density at radius 2 is 2.05 bits per heavy atom. The van der Waals surface area contributed by atoms with Gasteiger partial charge in [-0.1, -0.05) is 24.3 Å². The summed E-state index contributed by atoms with van der Waals surface area (Å²) in [4.78, 5) is 11.3. The molecule has 0 aliphatic carbocycles. The van der Waals surface area contributed by atoms with Gasteiger partial charge in [0.2, 0.25) is 0 Å². The van der Waals surface area contributed by atoms with E-state index in [1.165, 1.54) is 0 Å². The summed E-state index contributed by atoms with van der Waals surface area (Å²) in [5, 5.41) is 11.9. The van der Waals surface area contributed by atoms with E-state index in [4.69, 9.17) is 10.00 Å². The highest BCUT2D eigenvalue weighted by molar-refractivity contribution is 5.96. The van der Waals surface area contributed by atoms with Gasteiger partial charge in [-0.2, -0.15) is 5.26 Å². The van der Waals surface area contributed by atoms with Crippen LogP contribution in [0.1, 0.15) is 5.56 Å². The van der Waals surface area contributed by atoms with Gasteiger partial charge >= 0.3 is 0 Å². The summed E-state index contributed by atoms with van der Waals surface area (Å²) in [7, 11) is 0. The number of hydrogen-bond donors (Lipinski definition) is 1. The van der Waals surface area contributed by atoms with Crippen LogP contribution in [0.15, 0.2) is 42.5 Å². The maximum absolute atomic E-state index is 11.3. The Hall–Kier alpha value is -2.80. The Balaban J connectivity index is 2.10. The van der Waals surface area contributed by atoms with Crippen LogP contribution in [0.5, 0.6) is 5.75 Å². The average molecular weight is 250 g/mol. The van der Waals surface area contributed by atoms with E-state index < -0.39 is 0 Å². The van der Waals surface area contributed by atoms with Crippen LogP contribution in [0, 0.1) is 11.3 Å². The molecule has 4 heteroatoms. The minimum absolute atomic E-state index is 0.0428. The second kappa shape index (κ2) is 4.46. The van der Waals surface area contributed by atoms with Crippen molar-refractivity contribution in [3.05, 3.63) is 48.0 Å². The number of hydrogen-bond acceptors (Lipinski definition) is 3. The number of fused-ring (bicyclic) bond motifs is 1. The number of ether oxygens (including phenoxy) is 1. The van der Waals surface area contributed by atoms with Crippen molar-refractivity contribution in [1.29, 1.82) is 5.26 Å². The van der Waals surface area contributed by atoms with Crippen LogP contribution in [-0.2, 0) is 4.79 Å². The second-order valence-corrected chi connectivity index (χ2v) is 4.21. The molecule has 19 heavy (non-hydrogen) atoms. The maximum atomic E-state index is 11.3. The van der Waals surface area contributed by atoms with Crippen LogP contribution >= 0.6 is 0 Å².